The molecule has 0 aliphatic rings. The van der Waals surface area contributed by atoms with Crippen LogP contribution in [0.5, 0.6) is 0 Å². The van der Waals surface area contributed by atoms with E-state index in [0.717, 1.165) is 12.1 Å². The molecule has 0 aliphatic heterocycles. The van der Waals surface area contributed by atoms with Gasteiger partial charge in [0.25, 0.3) is 11.4 Å². The summed E-state index contributed by atoms with van der Waals surface area (Å²) in [5, 5.41) is 21.8. The molecule has 0 N–H and O–H groups in total. The second kappa shape index (κ2) is 9.37. The highest BCUT2D eigenvalue weighted by Gasteiger charge is 2.19. The average Bonchev–Trinajstić information content (AvgIpc) is 2.70. The van der Waals surface area contributed by atoms with Gasteiger partial charge >= 0.3 is 11.9 Å². The van der Waals surface area contributed by atoms with Gasteiger partial charge in [0, 0.05) is 23.3 Å². The third-order valence-corrected chi connectivity index (χ3v) is 4.01. The highest BCUT2D eigenvalue weighted by molar-refractivity contribution is 5.94. The van der Waals surface area contributed by atoms with Crippen molar-refractivity contribution in [1.82, 2.24) is 0 Å². The zero-order valence-corrected chi connectivity index (χ0v) is 15.9. The van der Waals surface area contributed by atoms with Crippen LogP contribution in [0.25, 0.3) is 0 Å². The summed E-state index contributed by atoms with van der Waals surface area (Å²) in [4.78, 5) is 56.3. The highest BCUT2D eigenvalue weighted by Crippen LogP contribution is 2.20. The number of nitrogens with zero attached hydrogens (tertiary/aromatic N) is 2. The van der Waals surface area contributed by atoms with Gasteiger partial charge in [-0.05, 0) is 26.0 Å². The largest absolute Gasteiger partial charge is 0.454 e. The monoisotopic (exact) mass is 416 g/mol. The molecular weight excluding hydrogens is 400 g/mol. The lowest BCUT2D eigenvalue weighted by Crippen LogP contribution is -2.20. The molecule has 30 heavy (non-hydrogen) atoms. The van der Waals surface area contributed by atoms with Gasteiger partial charge in [0.2, 0.25) is 5.78 Å². The molecule has 2 aromatic carbocycles. The van der Waals surface area contributed by atoms with Crippen LogP contribution in [0, 0.1) is 34.1 Å². The van der Waals surface area contributed by atoms with Gasteiger partial charge in [-0.2, -0.15) is 0 Å². The van der Waals surface area contributed by atoms with Crippen LogP contribution in [0.3, 0.4) is 0 Å². The number of ether oxygens (including phenoxy) is 2. The van der Waals surface area contributed by atoms with E-state index in [4.69, 9.17) is 9.47 Å². The van der Waals surface area contributed by atoms with Crippen LogP contribution in [0.1, 0.15) is 31.8 Å². The third kappa shape index (κ3) is 5.44. The quantitative estimate of drug-likeness (QED) is 0.358. The Labute approximate surface area is 169 Å². The van der Waals surface area contributed by atoms with Gasteiger partial charge in [0.1, 0.15) is 0 Å². The summed E-state index contributed by atoms with van der Waals surface area (Å²) in [5.74, 6) is -2.65. The number of Topliss-reactive ketones (excluding diaryl/α,β-unsaturated/α-hetero) is 1. The van der Waals surface area contributed by atoms with Crippen molar-refractivity contribution in [2.45, 2.75) is 13.8 Å². The van der Waals surface area contributed by atoms with Crippen molar-refractivity contribution in [2.75, 3.05) is 13.2 Å². The van der Waals surface area contributed by atoms with Crippen LogP contribution < -0.4 is 0 Å². The first-order valence-electron chi connectivity index (χ1n) is 8.46. The lowest BCUT2D eigenvalue weighted by atomic mass is 10.1. The van der Waals surface area contributed by atoms with Gasteiger partial charge in [-0.1, -0.05) is 12.1 Å². The van der Waals surface area contributed by atoms with Crippen LogP contribution in [-0.2, 0) is 14.3 Å². The molecule has 0 fully saturated rings. The SMILES string of the molecule is Cc1ccc(C(=O)OCC(=O)COC(=O)c2ccc(C)c([N+](=O)[O-])c2)cc1[N+](=O)[O-]. The van der Waals surface area contributed by atoms with Crippen LogP contribution in [0.4, 0.5) is 11.4 Å². The number of hydrogen-bond donors (Lipinski definition) is 0. The fraction of sp³-hybridized carbons (Fsp3) is 0.211. The Hall–Kier alpha value is -4.15. The van der Waals surface area contributed by atoms with E-state index in [1.807, 2.05) is 0 Å². The summed E-state index contributed by atoms with van der Waals surface area (Å²) in [6.07, 6.45) is 0. The molecule has 0 amide bonds. The molecule has 11 heteroatoms. The molecule has 0 heterocycles. The predicted octanol–water partition coefficient (Wildman–Crippen LogP) is 2.70. The van der Waals surface area contributed by atoms with Crippen LogP contribution >= 0.6 is 0 Å². The van der Waals surface area contributed by atoms with E-state index in [1.165, 1.54) is 38.1 Å². The maximum atomic E-state index is 12.0. The van der Waals surface area contributed by atoms with Crippen molar-refractivity contribution in [1.29, 1.82) is 0 Å². The Balaban J connectivity index is 1.91. The molecule has 2 rings (SSSR count). The number of carbonyl (C=O) groups is 3. The number of ketones is 1. The molecule has 0 saturated carbocycles. The predicted molar refractivity (Wildman–Crippen MR) is 101 cm³/mol. The number of nitro groups is 2. The average molecular weight is 416 g/mol. The van der Waals surface area contributed by atoms with Gasteiger partial charge in [0.15, 0.2) is 13.2 Å². The molecule has 0 saturated heterocycles. The smallest absolute Gasteiger partial charge is 0.338 e. The number of rotatable bonds is 8. The van der Waals surface area contributed by atoms with E-state index in [1.54, 1.807) is 0 Å². The summed E-state index contributed by atoms with van der Waals surface area (Å²) in [6, 6.07) is 7.45. The summed E-state index contributed by atoms with van der Waals surface area (Å²) in [7, 11) is 0. The Morgan fingerprint density at radius 2 is 1.13 bits per heavy atom. The van der Waals surface area contributed by atoms with E-state index in [9.17, 15) is 34.6 Å². The third-order valence-electron chi connectivity index (χ3n) is 4.01. The topological polar surface area (TPSA) is 156 Å². The van der Waals surface area contributed by atoms with E-state index in [2.05, 4.69) is 0 Å². The number of hydrogen-bond acceptors (Lipinski definition) is 9. The lowest BCUT2D eigenvalue weighted by Gasteiger charge is -2.07. The zero-order valence-electron chi connectivity index (χ0n) is 15.9. The fourth-order valence-electron chi connectivity index (χ4n) is 2.37. The minimum Gasteiger partial charge on any atom is -0.454 e. The normalized spacial score (nSPS) is 10.2. The van der Waals surface area contributed by atoms with Crippen molar-refractivity contribution in [2.24, 2.45) is 0 Å². The molecule has 0 unspecified atom stereocenters. The molecule has 0 bridgehead atoms. The number of nitro benzene ring substituents is 2. The maximum Gasteiger partial charge on any atom is 0.338 e. The van der Waals surface area contributed by atoms with Gasteiger partial charge in [-0.3, -0.25) is 25.0 Å². The minimum atomic E-state index is -0.952. The fourth-order valence-corrected chi connectivity index (χ4v) is 2.37. The van der Waals surface area contributed by atoms with Gasteiger partial charge < -0.3 is 9.47 Å². The molecule has 0 radical (unpaired) electrons. The van der Waals surface area contributed by atoms with Crippen molar-refractivity contribution in [3.63, 3.8) is 0 Å². The maximum absolute atomic E-state index is 12.0. The van der Waals surface area contributed by atoms with Gasteiger partial charge in [-0.25, -0.2) is 9.59 Å². The molecule has 0 atom stereocenters. The van der Waals surface area contributed by atoms with E-state index >= 15 is 0 Å². The second-order valence-corrected chi connectivity index (χ2v) is 6.21. The summed E-state index contributed by atoms with van der Waals surface area (Å²) in [6.45, 7) is 1.57. The van der Waals surface area contributed by atoms with Gasteiger partial charge in [-0.15, -0.1) is 0 Å². The summed E-state index contributed by atoms with van der Waals surface area (Å²) >= 11 is 0. The summed E-state index contributed by atoms with van der Waals surface area (Å²) in [5.41, 5.74) is -0.0336. The molecule has 0 aromatic heterocycles. The molecule has 2 aromatic rings. The highest BCUT2D eigenvalue weighted by atomic mass is 16.6. The first-order chi connectivity index (χ1) is 14.1. The lowest BCUT2D eigenvalue weighted by molar-refractivity contribution is -0.385. The minimum absolute atomic E-state index is 0.107. The van der Waals surface area contributed by atoms with Crippen LogP contribution in [-0.4, -0.2) is 40.8 Å². The molecule has 11 nitrogen and oxygen atoms in total. The number of aryl methyl sites for hydroxylation is 2. The number of benzene rings is 2. The second-order valence-electron chi connectivity index (χ2n) is 6.21. The van der Waals surface area contributed by atoms with Crippen molar-refractivity contribution >= 4 is 29.1 Å². The van der Waals surface area contributed by atoms with Crippen molar-refractivity contribution in [3.05, 3.63) is 78.9 Å². The standard InChI is InChI=1S/C19H16N2O9/c1-11-3-5-13(7-16(11)20(25)26)18(23)29-9-15(22)10-30-19(24)14-6-4-12(2)17(8-14)21(27)28/h3-8H,9-10H2,1-2H3. The van der Waals surface area contributed by atoms with Crippen LogP contribution in [0.15, 0.2) is 36.4 Å². The number of esters is 2. The number of carbonyl (C=O) groups excluding carboxylic acids is 3. The Kier molecular flexibility index (Phi) is 6.91. The molecule has 156 valence electrons. The van der Waals surface area contributed by atoms with E-state index < -0.39 is 40.8 Å². The molecule has 0 aliphatic carbocycles. The van der Waals surface area contributed by atoms with Crippen LogP contribution in [0.2, 0.25) is 0 Å². The first kappa shape index (κ1) is 22.1. The molecular formula is C19H16N2O9. The Bertz CT molecular complexity index is 965. The van der Waals surface area contributed by atoms with Gasteiger partial charge in [0.05, 0.1) is 21.0 Å². The Morgan fingerprint density at radius 1 is 0.767 bits per heavy atom. The first-order valence-corrected chi connectivity index (χ1v) is 8.46. The van der Waals surface area contributed by atoms with E-state index in [-0.39, 0.29) is 22.5 Å². The van der Waals surface area contributed by atoms with Crippen molar-refractivity contribution in [3.8, 4) is 0 Å². The van der Waals surface area contributed by atoms with Crippen molar-refractivity contribution < 1.29 is 33.7 Å². The summed E-state index contributed by atoms with van der Waals surface area (Å²) < 4.78 is 9.55. The van der Waals surface area contributed by atoms with E-state index in [0.29, 0.717) is 11.1 Å². The molecule has 0 spiro atoms. The Morgan fingerprint density at radius 3 is 1.47 bits per heavy atom. The zero-order chi connectivity index (χ0) is 22.4.